The summed E-state index contributed by atoms with van der Waals surface area (Å²) in [5, 5.41) is 0. The molecule has 0 bridgehead atoms. The minimum absolute atomic E-state index is 0.579. The van der Waals surface area contributed by atoms with Crippen LogP contribution in [-0.4, -0.2) is 25.6 Å². The second kappa shape index (κ2) is 7.10. The van der Waals surface area contributed by atoms with Gasteiger partial charge in [-0.15, -0.1) is 0 Å². The highest BCUT2D eigenvalue weighted by molar-refractivity contribution is 5.80. The standard InChI is InChI=1S/C9H20N2O/c1-4-12-6-5-9(10)11-7-8(2)3/h8H,4-7H2,1-3H3,(H2,10,11). The number of hydrogen-bond donors (Lipinski definition) is 1. The van der Waals surface area contributed by atoms with Gasteiger partial charge < -0.3 is 10.5 Å². The first kappa shape index (κ1) is 11.4. The van der Waals surface area contributed by atoms with Crippen molar-refractivity contribution in [2.75, 3.05) is 19.8 Å². The van der Waals surface area contributed by atoms with Crippen LogP contribution >= 0.6 is 0 Å². The summed E-state index contributed by atoms with van der Waals surface area (Å²) in [6.07, 6.45) is 0.751. The Morgan fingerprint density at radius 3 is 2.67 bits per heavy atom. The molecule has 0 aromatic rings. The van der Waals surface area contributed by atoms with E-state index in [1.165, 1.54) is 0 Å². The third kappa shape index (κ3) is 7.54. The second-order valence-electron chi connectivity index (χ2n) is 3.17. The molecular formula is C9H20N2O. The lowest BCUT2D eigenvalue weighted by Gasteiger charge is -2.02. The molecule has 0 unspecified atom stereocenters. The Labute approximate surface area is 75.0 Å². The largest absolute Gasteiger partial charge is 0.387 e. The highest BCUT2D eigenvalue weighted by atomic mass is 16.5. The predicted molar refractivity (Wildman–Crippen MR) is 52.4 cm³/mol. The normalized spacial score (nSPS) is 12.5. The molecule has 3 nitrogen and oxygen atoms in total. The molecule has 0 fully saturated rings. The summed E-state index contributed by atoms with van der Waals surface area (Å²) in [5.74, 6) is 1.28. The summed E-state index contributed by atoms with van der Waals surface area (Å²) in [4.78, 5) is 4.21. The number of nitrogens with zero attached hydrogens (tertiary/aromatic N) is 1. The second-order valence-corrected chi connectivity index (χ2v) is 3.17. The Hall–Kier alpha value is -0.570. The zero-order valence-electron chi connectivity index (χ0n) is 8.34. The molecule has 0 amide bonds. The van der Waals surface area contributed by atoms with Crippen LogP contribution in [0.15, 0.2) is 4.99 Å². The summed E-state index contributed by atoms with van der Waals surface area (Å²) in [7, 11) is 0. The topological polar surface area (TPSA) is 47.6 Å². The van der Waals surface area contributed by atoms with E-state index in [1.807, 2.05) is 6.92 Å². The molecule has 3 heteroatoms. The van der Waals surface area contributed by atoms with Gasteiger partial charge in [0.15, 0.2) is 0 Å². The molecule has 0 saturated heterocycles. The van der Waals surface area contributed by atoms with Crippen molar-refractivity contribution in [3.63, 3.8) is 0 Å². The van der Waals surface area contributed by atoms with E-state index in [0.29, 0.717) is 18.4 Å². The molecule has 0 saturated carbocycles. The zero-order chi connectivity index (χ0) is 9.40. The minimum Gasteiger partial charge on any atom is -0.387 e. The van der Waals surface area contributed by atoms with Crippen molar-refractivity contribution in [2.45, 2.75) is 27.2 Å². The first-order chi connectivity index (χ1) is 5.66. The molecule has 0 aliphatic carbocycles. The van der Waals surface area contributed by atoms with Crippen LogP contribution in [-0.2, 0) is 4.74 Å². The summed E-state index contributed by atoms with van der Waals surface area (Å²) in [6, 6.07) is 0. The van der Waals surface area contributed by atoms with E-state index in [9.17, 15) is 0 Å². The SMILES string of the molecule is CCOCCC(N)=NCC(C)C. The van der Waals surface area contributed by atoms with Gasteiger partial charge in [-0.1, -0.05) is 13.8 Å². The average molecular weight is 172 g/mol. The Balaban J connectivity index is 3.42. The molecule has 0 radical (unpaired) electrons. The van der Waals surface area contributed by atoms with Crippen molar-refractivity contribution in [1.82, 2.24) is 0 Å². The van der Waals surface area contributed by atoms with Gasteiger partial charge in [-0.05, 0) is 12.8 Å². The quantitative estimate of drug-likeness (QED) is 0.374. The smallest absolute Gasteiger partial charge is 0.0960 e. The van der Waals surface area contributed by atoms with Gasteiger partial charge >= 0.3 is 0 Å². The van der Waals surface area contributed by atoms with Crippen LogP contribution in [0.1, 0.15) is 27.2 Å². The highest BCUT2D eigenvalue weighted by Crippen LogP contribution is 1.92. The lowest BCUT2D eigenvalue weighted by molar-refractivity contribution is 0.155. The average Bonchev–Trinajstić information content (AvgIpc) is 2.01. The Morgan fingerprint density at radius 1 is 1.50 bits per heavy atom. The molecule has 0 aromatic heterocycles. The summed E-state index contributed by atoms with van der Waals surface area (Å²) in [5.41, 5.74) is 5.63. The Morgan fingerprint density at radius 2 is 2.17 bits per heavy atom. The lowest BCUT2D eigenvalue weighted by Crippen LogP contribution is -2.16. The molecule has 2 N–H and O–H groups in total. The number of nitrogens with two attached hydrogens (primary N) is 1. The molecular weight excluding hydrogens is 152 g/mol. The van der Waals surface area contributed by atoms with E-state index >= 15 is 0 Å². The highest BCUT2D eigenvalue weighted by Gasteiger charge is 1.94. The van der Waals surface area contributed by atoms with Crippen molar-refractivity contribution in [3.8, 4) is 0 Å². The zero-order valence-corrected chi connectivity index (χ0v) is 8.34. The van der Waals surface area contributed by atoms with Gasteiger partial charge in [-0.25, -0.2) is 0 Å². The lowest BCUT2D eigenvalue weighted by atomic mass is 10.2. The number of aliphatic imine (C=N–C) groups is 1. The first-order valence-electron chi connectivity index (χ1n) is 4.53. The van der Waals surface area contributed by atoms with Crippen molar-refractivity contribution in [1.29, 1.82) is 0 Å². The summed E-state index contributed by atoms with van der Waals surface area (Å²) >= 11 is 0. The van der Waals surface area contributed by atoms with Crippen LogP contribution in [0.4, 0.5) is 0 Å². The maximum Gasteiger partial charge on any atom is 0.0960 e. The van der Waals surface area contributed by atoms with E-state index in [-0.39, 0.29) is 0 Å². The minimum atomic E-state index is 0.579. The Bertz CT molecular complexity index is 132. The number of amidine groups is 1. The molecule has 0 atom stereocenters. The van der Waals surface area contributed by atoms with Gasteiger partial charge in [0.05, 0.1) is 12.4 Å². The molecule has 0 rings (SSSR count). The van der Waals surface area contributed by atoms with Gasteiger partial charge in [0, 0.05) is 19.6 Å². The number of hydrogen-bond acceptors (Lipinski definition) is 2. The van der Waals surface area contributed by atoms with Crippen LogP contribution in [0.25, 0.3) is 0 Å². The van der Waals surface area contributed by atoms with Crippen LogP contribution in [0.2, 0.25) is 0 Å². The number of ether oxygens (including phenoxy) is 1. The van der Waals surface area contributed by atoms with E-state index in [1.54, 1.807) is 0 Å². The fraction of sp³-hybridized carbons (Fsp3) is 0.889. The van der Waals surface area contributed by atoms with Crippen LogP contribution < -0.4 is 5.73 Å². The van der Waals surface area contributed by atoms with Gasteiger partial charge in [0.2, 0.25) is 0 Å². The fourth-order valence-corrected chi connectivity index (χ4v) is 0.700. The van der Waals surface area contributed by atoms with Crippen LogP contribution in [0.5, 0.6) is 0 Å². The third-order valence-electron chi connectivity index (χ3n) is 1.37. The molecule has 72 valence electrons. The maximum absolute atomic E-state index is 5.63. The van der Waals surface area contributed by atoms with Crippen molar-refractivity contribution < 1.29 is 4.74 Å². The van der Waals surface area contributed by atoms with E-state index < -0.39 is 0 Å². The third-order valence-corrected chi connectivity index (χ3v) is 1.37. The fourth-order valence-electron chi connectivity index (χ4n) is 0.700. The molecule has 0 aliphatic rings. The van der Waals surface area contributed by atoms with Crippen LogP contribution in [0.3, 0.4) is 0 Å². The van der Waals surface area contributed by atoms with E-state index in [2.05, 4.69) is 18.8 Å². The van der Waals surface area contributed by atoms with E-state index in [0.717, 1.165) is 19.6 Å². The Kier molecular flexibility index (Phi) is 6.76. The maximum atomic E-state index is 5.63. The van der Waals surface area contributed by atoms with E-state index in [4.69, 9.17) is 10.5 Å². The monoisotopic (exact) mass is 172 g/mol. The van der Waals surface area contributed by atoms with Crippen molar-refractivity contribution >= 4 is 5.84 Å². The molecule has 0 spiro atoms. The molecule has 0 aliphatic heterocycles. The summed E-state index contributed by atoms with van der Waals surface area (Å²) in [6.45, 7) is 8.47. The van der Waals surface area contributed by atoms with Gasteiger partial charge in [-0.2, -0.15) is 0 Å². The van der Waals surface area contributed by atoms with Crippen molar-refractivity contribution in [2.24, 2.45) is 16.6 Å². The molecule has 12 heavy (non-hydrogen) atoms. The predicted octanol–water partition coefficient (Wildman–Crippen LogP) is 1.43. The van der Waals surface area contributed by atoms with Gasteiger partial charge in [0.1, 0.15) is 0 Å². The van der Waals surface area contributed by atoms with Crippen molar-refractivity contribution in [3.05, 3.63) is 0 Å². The summed E-state index contributed by atoms with van der Waals surface area (Å²) < 4.78 is 5.15. The van der Waals surface area contributed by atoms with Gasteiger partial charge in [-0.3, -0.25) is 4.99 Å². The first-order valence-corrected chi connectivity index (χ1v) is 4.53. The molecule has 0 aromatic carbocycles. The molecule has 0 heterocycles. The van der Waals surface area contributed by atoms with Crippen LogP contribution in [0, 0.1) is 5.92 Å². The van der Waals surface area contributed by atoms with Gasteiger partial charge in [0.25, 0.3) is 0 Å². The number of rotatable bonds is 6.